The van der Waals surface area contributed by atoms with Gasteiger partial charge in [-0.2, -0.15) is 0 Å². The molecule has 0 radical (unpaired) electrons. The smallest absolute Gasteiger partial charge is 0.310 e. The summed E-state index contributed by atoms with van der Waals surface area (Å²) in [6.45, 7) is 3.17. The Labute approximate surface area is 344 Å². The number of carboxylic acid groups (broad SMARTS) is 1. The summed E-state index contributed by atoms with van der Waals surface area (Å²) in [6.07, 6.45) is 0.300. The third-order valence-corrected chi connectivity index (χ3v) is 10.6. The van der Waals surface area contributed by atoms with Crippen LogP contribution in [0.4, 0.5) is 0 Å². The minimum atomic E-state index is -3.88. The average Bonchev–Trinajstić information content (AvgIpc) is 3.22. The number of carbonyl (C=O) groups is 6. The molecular weight excluding hydrogens is 805 g/mol. The van der Waals surface area contributed by atoms with E-state index in [1.165, 1.54) is 14.2 Å². The van der Waals surface area contributed by atoms with Gasteiger partial charge in [-0.25, -0.2) is 22.0 Å². The number of esters is 2. The fraction of sp³-hybridized carbons (Fsp3) is 0.286. The number of ketones is 2. The van der Waals surface area contributed by atoms with Crippen LogP contribution in [0.3, 0.4) is 0 Å². The number of carbonyl (C=O) groups excluding carboxylic acids is 5. The van der Waals surface area contributed by atoms with Gasteiger partial charge in [0.05, 0.1) is 37.6 Å². The highest BCUT2D eigenvalue weighted by atomic mass is 32.2. The van der Waals surface area contributed by atoms with Gasteiger partial charge in [0.1, 0.15) is 0 Å². The van der Waals surface area contributed by atoms with Gasteiger partial charge in [-0.3, -0.25) is 33.5 Å². The zero-order valence-corrected chi connectivity index (χ0v) is 34.7. The van der Waals surface area contributed by atoms with Crippen molar-refractivity contribution in [1.82, 2.24) is 4.72 Å². The fourth-order valence-corrected chi connectivity index (χ4v) is 6.68. The third-order valence-electron chi connectivity index (χ3n) is 8.45. The highest BCUT2D eigenvalue weighted by Gasteiger charge is 2.23. The van der Waals surface area contributed by atoms with Crippen LogP contribution in [0.1, 0.15) is 94.3 Å². The van der Waals surface area contributed by atoms with Gasteiger partial charge in [-0.05, 0) is 49.9 Å². The van der Waals surface area contributed by atoms with Crippen molar-refractivity contribution in [2.24, 2.45) is 5.14 Å². The van der Waals surface area contributed by atoms with E-state index in [-0.39, 0.29) is 48.8 Å². The maximum atomic E-state index is 12.6. The quantitative estimate of drug-likeness (QED) is 0.0960. The Balaban J connectivity index is 0.000000342. The lowest BCUT2D eigenvalue weighted by Gasteiger charge is -2.14. The van der Waals surface area contributed by atoms with Gasteiger partial charge in [-0.1, -0.05) is 97.1 Å². The number of ether oxygens (including phenoxy) is 2. The van der Waals surface area contributed by atoms with E-state index in [0.29, 0.717) is 33.4 Å². The molecule has 1 amide bonds. The molecule has 4 aromatic carbocycles. The molecule has 0 aliphatic rings. The normalized spacial score (nSPS) is 11.8. The van der Waals surface area contributed by atoms with E-state index < -0.39 is 55.7 Å². The van der Waals surface area contributed by atoms with Crippen LogP contribution in [0.25, 0.3) is 0 Å². The highest BCUT2D eigenvalue weighted by molar-refractivity contribution is 7.90. The standard InChI is InChI=1S/C21H23NO6S.C16H14O3.C5H11NO4S/c1-15(21(25)22-29(26,27)13-7-12-19(23)28-2)17-10-6-11-18(14-17)20(24)16-8-4-3-5-9-16;1-11(16(18)19)13-8-5-9-14(10-13)15(17)12-6-3-2-4-7-12;1-10-5(7)3-2-4-11(6,8)9/h3-6,8-11,14-15H,7,12-13H2,1-2H3,(H,22,25);2-11H,1H3,(H,18,19);2-4H2,1H3,(H2,6,8,9). The Morgan fingerprint density at radius 2 is 0.983 bits per heavy atom. The molecule has 4 aromatic rings. The maximum Gasteiger partial charge on any atom is 0.310 e. The molecule has 17 heteroatoms. The van der Waals surface area contributed by atoms with E-state index in [0.717, 1.165) is 0 Å². The molecule has 15 nitrogen and oxygen atoms in total. The molecule has 0 fully saturated rings. The Hall–Kier alpha value is -6.04. The number of primary sulfonamides is 1. The van der Waals surface area contributed by atoms with E-state index in [2.05, 4.69) is 14.6 Å². The van der Waals surface area contributed by atoms with Crippen LogP contribution in [0.2, 0.25) is 0 Å². The number of rotatable bonds is 17. The Morgan fingerprint density at radius 1 is 0.593 bits per heavy atom. The number of amides is 1. The van der Waals surface area contributed by atoms with Gasteiger partial charge in [-0.15, -0.1) is 0 Å². The van der Waals surface area contributed by atoms with Crippen LogP contribution < -0.4 is 9.86 Å². The van der Waals surface area contributed by atoms with E-state index in [9.17, 15) is 45.6 Å². The van der Waals surface area contributed by atoms with Crippen LogP contribution in [0.5, 0.6) is 0 Å². The largest absolute Gasteiger partial charge is 0.481 e. The van der Waals surface area contributed by atoms with Crippen LogP contribution in [-0.2, 0) is 48.7 Å². The number of sulfonamides is 2. The molecule has 59 heavy (non-hydrogen) atoms. The summed E-state index contributed by atoms with van der Waals surface area (Å²) in [4.78, 5) is 69.7. The summed E-state index contributed by atoms with van der Waals surface area (Å²) in [6, 6.07) is 31.0. The second-order valence-corrected chi connectivity index (χ2v) is 16.5. The van der Waals surface area contributed by atoms with E-state index in [4.69, 9.17) is 5.11 Å². The zero-order valence-electron chi connectivity index (χ0n) is 33.0. The van der Waals surface area contributed by atoms with Crippen LogP contribution >= 0.6 is 0 Å². The van der Waals surface area contributed by atoms with Crippen molar-refractivity contribution in [3.8, 4) is 0 Å². The first-order chi connectivity index (χ1) is 27.8. The summed E-state index contributed by atoms with van der Waals surface area (Å²) >= 11 is 0. The Kier molecular flexibility index (Phi) is 20.0. The van der Waals surface area contributed by atoms with Gasteiger partial charge < -0.3 is 14.6 Å². The molecule has 0 saturated heterocycles. The number of aliphatic carboxylic acids is 1. The zero-order chi connectivity index (χ0) is 44.2. The van der Waals surface area contributed by atoms with Crippen molar-refractivity contribution in [1.29, 1.82) is 0 Å². The van der Waals surface area contributed by atoms with Gasteiger partial charge in [0, 0.05) is 35.1 Å². The molecule has 0 saturated carbocycles. The molecule has 0 bridgehead atoms. The van der Waals surface area contributed by atoms with Gasteiger partial charge in [0.25, 0.3) is 0 Å². The van der Waals surface area contributed by atoms with Crippen molar-refractivity contribution in [3.63, 3.8) is 0 Å². The summed E-state index contributed by atoms with van der Waals surface area (Å²) in [5.74, 6) is -4.77. The molecule has 0 aromatic heterocycles. The summed E-state index contributed by atoms with van der Waals surface area (Å²) in [5.41, 5.74) is 3.20. The molecular formula is C42H48N2O13S2. The predicted molar refractivity (Wildman–Crippen MR) is 220 cm³/mol. The lowest BCUT2D eigenvalue weighted by molar-refractivity contribution is -0.141. The van der Waals surface area contributed by atoms with Gasteiger partial charge >= 0.3 is 17.9 Å². The Morgan fingerprint density at radius 3 is 1.37 bits per heavy atom. The molecule has 316 valence electrons. The molecule has 4 N–H and O–H groups in total. The van der Waals surface area contributed by atoms with E-state index >= 15 is 0 Å². The number of hydrogen-bond donors (Lipinski definition) is 3. The second-order valence-electron chi connectivity index (χ2n) is 12.9. The number of nitrogens with two attached hydrogens (primary N) is 1. The van der Waals surface area contributed by atoms with Crippen LogP contribution in [-0.4, -0.2) is 83.0 Å². The average molecular weight is 853 g/mol. The fourth-order valence-electron chi connectivity index (χ4n) is 5.03. The van der Waals surface area contributed by atoms with E-state index in [1.54, 1.807) is 111 Å². The monoisotopic (exact) mass is 852 g/mol. The lowest BCUT2D eigenvalue weighted by Crippen LogP contribution is -2.35. The first kappa shape index (κ1) is 49.1. The Bertz CT molecular complexity index is 2280. The van der Waals surface area contributed by atoms with Crippen molar-refractivity contribution < 1.29 is 60.2 Å². The minimum absolute atomic E-state index is 0.0464. The number of benzene rings is 4. The molecule has 4 rings (SSSR count). The van der Waals surface area contributed by atoms with Crippen molar-refractivity contribution in [3.05, 3.63) is 143 Å². The molecule has 0 aliphatic carbocycles. The maximum absolute atomic E-state index is 12.6. The number of carboxylic acids is 1. The first-order valence-corrected chi connectivity index (χ1v) is 21.5. The summed E-state index contributed by atoms with van der Waals surface area (Å²) in [5, 5.41) is 13.7. The molecule has 0 aliphatic heterocycles. The number of methoxy groups -OCH3 is 2. The molecule has 2 atom stereocenters. The SMILES string of the molecule is CC(C(=O)O)c1cccc(C(=O)c2ccccc2)c1.COC(=O)CCCS(=O)(=O)NC(=O)C(C)c1cccc(C(=O)c2ccccc2)c1.COC(=O)CCCS(N)(=O)=O. The molecule has 2 unspecified atom stereocenters. The van der Waals surface area contributed by atoms with Gasteiger partial charge in [0.15, 0.2) is 11.6 Å². The second kappa shape index (κ2) is 24.0. The summed E-state index contributed by atoms with van der Waals surface area (Å²) < 4.78 is 55.6. The topological polar surface area (TPSA) is 247 Å². The molecule has 0 spiro atoms. The minimum Gasteiger partial charge on any atom is -0.481 e. The van der Waals surface area contributed by atoms with Gasteiger partial charge in [0.2, 0.25) is 26.0 Å². The number of nitrogens with one attached hydrogen (secondary N) is 1. The van der Waals surface area contributed by atoms with Crippen LogP contribution in [0.15, 0.2) is 109 Å². The van der Waals surface area contributed by atoms with Crippen molar-refractivity contribution >= 4 is 55.4 Å². The van der Waals surface area contributed by atoms with Crippen LogP contribution in [0, 0.1) is 0 Å². The predicted octanol–water partition coefficient (Wildman–Crippen LogP) is 4.75. The lowest BCUT2D eigenvalue weighted by atomic mass is 9.95. The molecule has 0 heterocycles. The summed E-state index contributed by atoms with van der Waals surface area (Å²) in [7, 11) is -4.85. The highest BCUT2D eigenvalue weighted by Crippen LogP contribution is 2.21. The number of hydrogen-bond acceptors (Lipinski definition) is 12. The third kappa shape index (κ3) is 18.0. The van der Waals surface area contributed by atoms with E-state index in [1.807, 2.05) is 16.9 Å². The van der Waals surface area contributed by atoms with Crippen molar-refractivity contribution in [2.75, 3.05) is 25.7 Å². The van der Waals surface area contributed by atoms with Crippen molar-refractivity contribution in [2.45, 2.75) is 51.4 Å². The first-order valence-electron chi connectivity index (χ1n) is 18.1.